The lowest BCUT2D eigenvalue weighted by Gasteiger charge is -2.22. The topological polar surface area (TPSA) is 88.3 Å². The summed E-state index contributed by atoms with van der Waals surface area (Å²) in [5, 5.41) is 5.53. The molecule has 1 saturated carbocycles. The van der Waals surface area contributed by atoms with Crippen LogP contribution >= 0.6 is 22.7 Å². The van der Waals surface area contributed by atoms with Crippen molar-refractivity contribution in [2.45, 2.75) is 25.4 Å². The first-order valence-electron chi connectivity index (χ1n) is 7.90. The van der Waals surface area contributed by atoms with Crippen molar-refractivity contribution in [2.75, 3.05) is 5.32 Å². The zero-order valence-corrected chi connectivity index (χ0v) is 14.9. The van der Waals surface area contributed by atoms with Crippen LogP contribution in [-0.2, 0) is 6.54 Å². The predicted octanol–water partition coefficient (Wildman–Crippen LogP) is 3.65. The summed E-state index contributed by atoms with van der Waals surface area (Å²) < 4.78 is 1.11. The second kappa shape index (κ2) is 6.45. The van der Waals surface area contributed by atoms with E-state index in [0.717, 1.165) is 27.9 Å². The highest BCUT2D eigenvalue weighted by molar-refractivity contribution is 7.39. The molecule has 1 aromatic carbocycles. The Kier molecular flexibility index (Phi) is 4.14. The number of fused-ring (bicyclic) bond motifs is 1. The predicted molar refractivity (Wildman–Crippen MR) is 100 cm³/mol. The smallest absolute Gasteiger partial charge is 0.324 e. The molecule has 0 saturated heterocycles. The van der Waals surface area contributed by atoms with Crippen molar-refractivity contribution >= 4 is 49.3 Å². The second-order valence-electron chi connectivity index (χ2n) is 5.96. The lowest BCUT2D eigenvalue weighted by molar-refractivity contribution is 0.1000. The van der Waals surface area contributed by atoms with Crippen molar-refractivity contribution in [3.8, 4) is 0 Å². The van der Waals surface area contributed by atoms with Gasteiger partial charge in [0.2, 0.25) is 5.91 Å². The highest BCUT2D eigenvalue weighted by Crippen LogP contribution is 2.32. The van der Waals surface area contributed by atoms with Crippen LogP contribution in [0, 0.1) is 0 Å². The zero-order chi connectivity index (χ0) is 17.4. The van der Waals surface area contributed by atoms with E-state index >= 15 is 0 Å². The van der Waals surface area contributed by atoms with E-state index in [1.165, 1.54) is 11.3 Å². The van der Waals surface area contributed by atoms with Crippen LogP contribution < -0.4 is 11.1 Å². The molecule has 0 radical (unpaired) electrons. The van der Waals surface area contributed by atoms with E-state index in [1.807, 2.05) is 28.5 Å². The third-order valence-corrected chi connectivity index (χ3v) is 6.09. The quantitative estimate of drug-likeness (QED) is 0.716. The van der Waals surface area contributed by atoms with Gasteiger partial charge in [-0.1, -0.05) is 23.5 Å². The maximum atomic E-state index is 12.7. The van der Waals surface area contributed by atoms with Crippen LogP contribution in [0.25, 0.3) is 9.53 Å². The molecular weight excluding hydrogens is 356 g/mol. The summed E-state index contributed by atoms with van der Waals surface area (Å²) in [6, 6.07) is 9.13. The summed E-state index contributed by atoms with van der Waals surface area (Å²) in [7, 11) is 0. The van der Waals surface area contributed by atoms with Gasteiger partial charge in [-0.05, 0) is 42.0 Å². The highest BCUT2D eigenvalue weighted by atomic mass is 32.2. The molecular formula is C17H16N4O2S2. The number of benzene rings is 1. The number of carbonyl (C=O) groups is 2. The molecule has 0 spiro atoms. The Morgan fingerprint density at radius 3 is 2.64 bits per heavy atom. The molecule has 1 aliphatic carbocycles. The molecule has 6 nitrogen and oxygen atoms in total. The monoisotopic (exact) mass is 372 g/mol. The second-order valence-corrected chi connectivity index (χ2v) is 8.14. The van der Waals surface area contributed by atoms with E-state index in [4.69, 9.17) is 5.73 Å². The number of hydrogen-bond donors (Lipinski definition) is 2. The average Bonchev–Trinajstić information content (AvgIpc) is 3.22. The number of carbonyl (C=O) groups excluding carboxylic acids is 2. The molecule has 1 fully saturated rings. The molecule has 3 amide bonds. The Hall–Kier alpha value is -2.45. The third-order valence-electron chi connectivity index (χ3n) is 4.08. The first kappa shape index (κ1) is 16.0. The van der Waals surface area contributed by atoms with Gasteiger partial charge in [0.05, 0.1) is 5.52 Å². The van der Waals surface area contributed by atoms with E-state index in [1.54, 1.807) is 23.5 Å². The van der Waals surface area contributed by atoms with Gasteiger partial charge in [0.15, 0.2) is 5.13 Å². The van der Waals surface area contributed by atoms with Crippen LogP contribution in [0.4, 0.5) is 9.93 Å². The maximum Gasteiger partial charge on any atom is 0.324 e. The maximum absolute atomic E-state index is 12.7. The van der Waals surface area contributed by atoms with Gasteiger partial charge in [0.25, 0.3) is 0 Å². The summed E-state index contributed by atoms with van der Waals surface area (Å²) >= 11 is 3.11. The van der Waals surface area contributed by atoms with Crippen LogP contribution in [0.15, 0.2) is 35.7 Å². The average molecular weight is 372 g/mol. The van der Waals surface area contributed by atoms with Gasteiger partial charge in [-0.25, -0.2) is 9.78 Å². The van der Waals surface area contributed by atoms with E-state index in [-0.39, 0.29) is 12.1 Å². The van der Waals surface area contributed by atoms with Gasteiger partial charge in [-0.3, -0.25) is 10.1 Å². The molecule has 0 aliphatic heterocycles. The summed E-state index contributed by atoms with van der Waals surface area (Å²) in [4.78, 5) is 30.1. The number of nitrogens with zero attached hydrogens (tertiary/aromatic N) is 2. The summed E-state index contributed by atoms with van der Waals surface area (Å²) in [6.45, 7) is 0.495. The molecule has 25 heavy (non-hydrogen) atoms. The van der Waals surface area contributed by atoms with Crippen LogP contribution in [0.3, 0.4) is 0 Å². The normalized spacial score (nSPS) is 13.8. The molecule has 0 unspecified atom stereocenters. The van der Waals surface area contributed by atoms with E-state index in [0.29, 0.717) is 17.2 Å². The fourth-order valence-electron chi connectivity index (χ4n) is 2.61. The minimum atomic E-state index is -0.452. The minimum Gasteiger partial charge on any atom is -0.366 e. The standard InChI is InChI=1S/C17H16N4O2S2/c18-14(22)11-3-1-10(2-4-11)9-21(12-5-6-12)17(23)20-16-19-13-7-8-24-15(13)25-16/h1-4,7-8,12H,5-6,9H2,(H2,18,22)(H,19,20,23). The first-order valence-corrected chi connectivity index (χ1v) is 9.60. The van der Waals surface area contributed by atoms with Gasteiger partial charge in [-0.15, -0.1) is 11.3 Å². The van der Waals surface area contributed by atoms with Gasteiger partial charge < -0.3 is 10.6 Å². The number of thiophene rings is 1. The molecule has 3 aromatic rings. The van der Waals surface area contributed by atoms with E-state index in [9.17, 15) is 9.59 Å². The molecule has 2 aromatic heterocycles. The molecule has 0 bridgehead atoms. The Labute approximate surface area is 152 Å². The Morgan fingerprint density at radius 2 is 2.00 bits per heavy atom. The lowest BCUT2D eigenvalue weighted by Crippen LogP contribution is -2.36. The highest BCUT2D eigenvalue weighted by Gasteiger charge is 2.33. The number of nitrogens with two attached hydrogens (primary N) is 1. The third kappa shape index (κ3) is 3.49. The number of hydrogen-bond acceptors (Lipinski definition) is 5. The van der Waals surface area contributed by atoms with Crippen LogP contribution in [0.1, 0.15) is 28.8 Å². The van der Waals surface area contributed by atoms with Crippen molar-refractivity contribution in [1.82, 2.24) is 9.88 Å². The molecule has 0 atom stereocenters. The van der Waals surface area contributed by atoms with Crippen molar-refractivity contribution in [3.63, 3.8) is 0 Å². The number of aromatic nitrogens is 1. The molecule has 3 N–H and O–H groups in total. The molecule has 2 heterocycles. The summed E-state index contributed by atoms with van der Waals surface area (Å²) in [5.74, 6) is -0.452. The number of amides is 3. The van der Waals surface area contributed by atoms with Crippen LogP contribution in [0.2, 0.25) is 0 Å². The Bertz CT molecular complexity index is 899. The van der Waals surface area contributed by atoms with E-state index < -0.39 is 5.91 Å². The number of anilines is 1. The Balaban J connectivity index is 1.47. The number of urea groups is 1. The molecule has 1 aliphatic rings. The largest absolute Gasteiger partial charge is 0.366 e. The van der Waals surface area contributed by atoms with Crippen molar-refractivity contribution in [2.24, 2.45) is 5.73 Å². The lowest BCUT2D eigenvalue weighted by atomic mass is 10.1. The number of primary amides is 1. The molecule has 128 valence electrons. The van der Waals surface area contributed by atoms with Crippen molar-refractivity contribution < 1.29 is 9.59 Å². The van der Waals surface area contributed by atoms with Crippen LogP contribution in [0.5, 0.6) is 0 Å². The first-order chi connectivity index (χ1) is 12.1. The molecule has 8 heteroatoms. The van der Waals surface area contributed by atoms with Crippen LogP contribution in [-0.4, -0.2) is 27.9 Å². The minimum absolute atomic E-state index is 0.136. The number of rotatable bonds is 5. The van der Waals surface area contributed by atoms with Gasteiger partial charge in [0, 0.05) is 18.2 Å². The zero-order valence-electron chi connectivity index (χ0n) is 13.3. The van der Waals surface area contributed by atoms with Gasteiger partial charge in [0.1, 0.15) is 4.01 Å². The van der Waals surface area contributed by atoms with Crippen molar-refractivity contribution in [1.29, 1.82) is 0 Å². The number of nitrogens with one attached hydrogen (secondary N) is 1. The molecule has 4 rings (SSSR count). The fourth-order valence-corrected chi connectivity index (χ4v) is 4.44. The Morgan fingerprint density at radius 1 is 1.24 bits per heavy atom. The SMILES string of the molecule is NC(=O)c1ccc(CN(C(=O)Nc2nc3ccsc3s2)C2CC2)cc1. The fraction of sp³-hybridized carbons (Fsp3) is 0.235. The summed E-state index contributed by atoms with van der Waals surface area (Å²) in [5.41, 5.74) is 7.62. The van der Waals surface area contributed by atoms with Gasteiger partial charge in [-0.2, -0.15) is 0 Å². The number of thiazole rings is 1. The summed E-state index contributed by atoms with van der Waals surface area (Å²) in [6.07, 6.45) is 2.03. The van der Waals surface area contributed by atoms with Crippen molar-refractivity contribution in [3.05, 3.63) is 46.8 Å². The van der Waals surface area contributed by atoms with E-state index in [2.05, 4.69) is 10.3 Å². The van der Waals surface area contributed by atoms with Gasteiger partial charge >= 0.3 is 6.03 Å².